The lowest BCUT2D eigenvalue weighted by Gasteiger charge is -2.34. The van der Waals surface area contributed by atoms with Crippen LogP contribution in [0.3, 0.4) is 0 Å². The topological polar surface area (TPSA) is 29.3 Å². The van der Waals surface area contributed by atoms with Crippen LogP contribution in [0.2, 0.25) is 0 Å². The summed E-state index contributed by atoms with van der Waals surface area (Å²) < 4.78 is 0. The third-order valence-corrected chi connectivity index (χ3v) is 5.11. The molecule has 0 aromatic carbocycles. The molecule has 1 saturated carbocycles. The lowest BCUT2D eigenvalue weighted by atomic mass is 9.86. The SMILES string of the molecule is CC(C)C1CCN(CCC2CCCC2N)CC1. The van der Waals surface area contributed by atoms with Crippen molar-refractivity contribution in [3.63, 3.8) is 0 Å². The molecule has 100 valence electrons. The Bertz CT molecular complexity index is 219. The molecule has 2 heteroatoms. The van der Waals surface area contributed by atoms with Crippen LogP contribution in [0.25, 0.3) is 0 Å². The Labute approximate surface area is 107 Å². The van der Waals surface area contributed by atoms with E-state index in [2.05, 4.69) is 18.7 Å². The number of nitrogens with zero attached hydrogens (tertiary/aromatic N) is 1. The van der Waals surface area contributed by atoms with Crippen molar-refractivity contribution in [3.05, 3.63) is 0 Å². The van der Waals surface area contributed by atoms with Gasteiger partial charge >= 0.3 is 0 Å². The van der Waals surface area contributed by atoms with Crippen molar-refractivity contribution in [2.75, 3.05) is 19.6 Å². The summed E-state index contributed by atoms with van der Waals surface area (Å²) in [7, 11) is 0. The van der Waals surface area contributed by atoms with Gasteiger partial charge in [0.25, 0.3) is 0 Å². The molecule has 0 aromatic rings. The Morgan fingerprint density at radius 3 is 2.35 bits per heavy atom. The molecular formula is C15H30N2. The van der Waals surface area contributed by atoms with Crippen molar-refractivity contribution in [3.8, 4) is 0 Å². The first-order chi connectivity index (χ1) is 8.16. The summed E-state index contributed by atoms with van der Waals surface area (Å²) in [6, 6.07) is 0.503. The molecule has 0 spiro atoms. The normalized spacial score (nSPS) is 32.5. The molecule has 1 heterocycles. The third-order valence-electron chi connectivity index (χ3n) is 5.11. The van der Waals surface area contributed by atoms with Crippen molar-refractivity contribution < 1.29 is 0 Å². The van der Waals surface area contributed by atoms with E-state index in [9.17, 15) is 0 Å². The summed E-state index contributed by atoms with van der Waals surface area (Å²) in [4.78, 5) is 2.67. The molecule has 1 aliphatic heterocycles. The molecule has 2 nitrogen and oxygen atoms in total. The fourth-order valence-corrected chi connectivity index (χ4v) is 3.62. The zero-order chi connectivity index (χ0) is 12.3. The average Bonchev–Trinajstić information content (AvgIpc) is 2.73. The van der Waals surface area contributed by atoms with Crippen LogP contribution in [0.5, 0.6) is 0 Å². The second-order valence-corrected chi connectivity index (χ2v) is 6.57. The summed E-state index contributed by atoms with van der Waals surface area (Å²) in [6.45, 7) is 8.69. The van der Waals surface area contributed by atoms with Gasteiger partial charge in [0, 0.05) is 6.04 Å². The van der Waals surface area contributed by atoms with E-state index in [0.717, 1.165) is 17.8 Å². The maximum Gasteiger partial charge on any atom is 0.00676 e. The van der Waals surface area contributed by atoms with Crippen molar-refractivity contribution in [2.45, 2.75) is 58.4 Å². The monoisotopic (exact) mass is 238 g/mol. The molecule has 2 unspecified atom stereocenters. The summed E-state index contributed by atoms with van der Waals surface area (Å²) in [5.41, 5.74) is 6.14. The fraction of sp³-hybridized carbons (Fsp3) is 1.00. The first-order valence-corrected chi connectivity index (χ1v) is 7.64. The highest BCUT2D eigenvalue weighted by Gasteiger charge is 2.26. The molecule has 1 saturated heterocycles. The van der Waals surface area contributed by atoms with E-state index in [4.69, 9.17) is 5.73 Å². The van der Waals surface area contributed by atoms with Crippen molar-refractivity contribution in [1.82, 2.24) is 4.90 Å². The third kappa shape index (κ3) is 3.69. The van der Waals surface area contributed by atoms with Crippen LogP contribution in [0.1, 0.15) is 52.4 Å². The van der Waals surface area contributed by atoms with Gasteiger partial charge in [0.15, 0.2) is 0 Å². The minimum atomic E-state index is 0.503. The molecule has 0 radical (unpaired) electrons. The number of piperidine rings is 1. The first kappa shape index (κ1) is 13.4. The predicted octanol–water partition coefficient (Wildman–Crippen LogP) is 2.87. The minimum Gasteiger partial charge on any atom is -0.327 e. The number of hydrogen-bond donors (Lipinski definition) is 1. The van der Waals surface area contributed by atoms with Crippen LogP contribution in [0, 0.1) is 17.8 Å². The number of hydrogen-bond acceptors (Lipinski definition) is 2. The minimum absolute atomic E-state index is 0.503. The lowest BCUT2D eigenvalue weighted by molar-refractivity contribution is 0.149. The Morgan fingerprint density at radius 1 is 1.12 bits per heavy atom. The van der Waals surface area contributed by atoms with Gasteiger partial charge in [0.1, 0.15) is 0 Å². The van der Waals surface area contributed by atoms with E-state index < -0.39 is 0 Å². The van der Waals surface area contributed by atoms with E-state index in [1.54, 1.807) is 0 Å². The summed E-state index contributed by atoms with van der Waals surface area (Å²) >= 11 is 0. The molecule has 17 heavy (non-hydrogen) atoms. The van der Waals surface area contributed by atoms with E-state index in [1.165, 1.54) is 58.2 Å². The largest absolute Gasteiger partial charge is 0.327 e. The zero-order valence-electron chi connectivity index (χ0n) is 11.7. The van der Waals surface area contributed by atoms with Crippen molar-refractivity contribution >= 4 is 0 Å². The first-order valence-electron chi connectivity index (χ1n) is 7.64. The molecule has 0 amide bonds. The molecule has 2 rings (SSSR count). The Hall–Kier alpha value is -0.0800. The Morgan fingerprint density at radius 2 is 1.82 bits per heavy atom. The highest BCUT2D eigenvalue weighted by molar-refractivity contribution is 4.82. The van der Waals surface area contributed by atoms with Crippen LogP contribution in [0.15, 0.2) is 0 Å². The van der Waals surface area contributed by atoms with Gasteiger partial charge in [-0.3, -0.25) is 0 Å². The van der Waals surface area contributed by atoms with Crippen molar-refractivity contribution in [2.24, 2.45) is 23.5 Å². The van der Waals surface area contributed by atoms with Crippen LogP contribution in [-0.2, 0) is 0 Å². The fourth-order valence-electron chi connectivity index (χ4n) is 3.62. The molecule has 2 fully saturated rings. The van der Waals surface area contributed by atoms with E-state index in [0.29, 0.717) is 6.04 Å². The van der Waals surface area contributed by atoms with Crippen LogP contribution in [0.4, 0.5) is 0 Å². The Balaban J connectivity index is 1.64. The van der Waals surface area contributed by atoms with Gasteiger partial charge in [-0.25, -0.2) is 0 Å². The predicted molar refractivity (Wildman–Crippen MR) is 73.9 cm³/mol. The van der Waals surface area contributed by atoms with Gasteiger partial charge < -0.3 is 10.6 Å². The standard InChI is InChI=1S/C15H30N2/c1-12(2)13-6-9-17(10-7-13)11-8-14-4-3-5-15(14)16/h12-15H,3-11,16H2,1-2H3. The molecular weight excluding hydrogens is 208 g/mol. The second kappa shape index (κ2) is 6.19. The molecule has 2 N–H and O–H groups in total. The van der Waals surface area contributed by atoms with E-state index in [-0.39, 0.29) is 0 Å². The number of nitrogens with two attached hydrogens (primary N) is 1. The molecule has 1 aliphatic carbocycles. The van der Waals surface area contributed by atoms with Crippen LogP contribution < -0.4 is 5.73 Å². The summed E-state index contributed by atoms with van der Waals surface area (Å²) in [5, 5.41) is 0. The molecule has 2 atom stereocenters. The van der Waals surface area contributed by atoms with Crippen molar-refractivity contribution in [1.29, 1.82) is 0 Å². The van der Waals surface area contributed by atoms with E-state index in [1.807, 2.05) is 0 Å². The van der Waals surface area contributed by atoms with Gasteiger partial charge in [0.05, 0.1) is 0 Å². The highest BCUT2D eigenvalue weighted by Crippen LogP contribution is 2.28. The number of likely N-dealkylation sites (tertiary alicyclic amines) is 1. The van der Waals surface area contributed by atoms with Crippen LogP contribution in [-0.4, -0.2) is 30.6 Å². The maximum atomic E-state index is 6.14. The van der Waals surface area contributed by atoms with Gasteiger partial charge in [-0.05, 0) is 69.5 Å². The van der Waals surface area contributed by atoms with Crippen LogP contribution >= 0.6 is 0 Å². The average molecular weight is 238 g/mol. The van der Waals surface area contributed by atoms with Gasteiger partial charge in [-0.15, -0.1) is 0 Å². The zero-order valence-corrected chi connectivity index (χ0v) is 11.7. The second-order valence-electron chi connectivity index (χ2n) is 6.57. The lowest BCUT2D eigenvalue weighted by Crippen LogP contribution is -2.37. The van der Waals surface area contributed by atoms with Gasteiger partial charge in [-0.2, -0.15) is 0 Å². The molecule has 0 bridgehead atoms. The quantitative estimate of drug-likeness (QED) is 0.816. The smallest absolute Gasteiger partial charge is 0.00676 e. The molecule has 2 aliphatic rings. The maximum absolute atomic E-state index is 6.14. The van der Waals surface area contributed by atoms with E-state index >= 15 is 0 Å². The highest BCUT2D eigenvalue weighted by atomic mass is 15.1. The Kier molecular flexibility index (Phi) is 4.87. The van der Waals surface area contributed by atoms with Gasteiger partial charge in [0.2, 0.25) is 0 Å². The summed E-state index contributed by atoms with van der Waals surface area (Å²) in [5.74, 6) is 2.67. The number of rotatable bonds is 4. The molecule has 0 aromatic heterocycles. The van der Waals surface area contributed by atoms with Gasteiger partial charge in [-0.1, -0.05) is 20.3 Å². The summed E-state index contributed by atoms with van der Waals surface area (Å²) in [6.07, 6.45) is 8.17.